The Morgan fingerprint density at radius 1 is 1.35 bits per heavy atom. The highest BCUT2D eigenvalue weighted by atomic mass is 16.5. The summed E-state index contributed by atoms with van der Waals surface area (Å²) < 4.78 is 11.3. The Bertz CT molecular complexity index is 860. The van der Waals surface area contributed by atoms with Gasteiger partial charge in [0.1, 0.15) is 5.58 Å². The van der Waals surface area contributed by atoms with Crippen molar-refractivity contribution in [2.24, 2.45) is 0 Å². The summed E-state index contributed by atoms with van der Waals surface area (Å²) >= 11 is 0. The van der Waals surface area contributed by atoms with Gasteiger partial charge in [0.25, 0.3) is 0 Å². The lowest BCUT2D eigenvalue weighted by Crippen LogP contribution is -2.15. The van der Waals surface area contributed by atoms with Crippen LogP contribution in [-0.4, -0.2) is 21.7 Å². The van der Waals surface area contributed by atoms with Gasteiger partial charge in [-0.25, -0.2) is 9.59 Å². The summed E-state index contributed by atoms with van der Waals surface area (Å²) in [6.45, 7) is 3.49. The first kappa shape index (κ1) is 12.4. The molecule has 0 spiro atoms. The summed E-state index contributed by atoms with van der Waals surface area (Å²) in [7, 11) is 0. The number of carbonyl (C=O) groups excluding carboxylic acids is 1. The molecule has 0 amide bonds. The number of nitrogens with zero attached hydrogens (tertiary/aromatic N) is 2. The molecule has 102 valence electrons. The SMILES string of the molecule is CC(C)OC(=O)c1cc2c3ccccc3oc(=O)n2n1. The Hall–Kier alpha value is -2.63. The fourth-order valence-corrected chi connectivity index (χ4v) is 1.99. The number of hydrogen-bond acceptors (Lipinski definition) is 5. The quantitative estimate of drug-likeness (QED) is 0.667. The second-order valence-corrected chi connectivity index (χ2v) is 4.64. The molecule has 1 aromatic carbocycles. The van der Waals surface area contributed by atoms with Crippen LogP contribution in [0.4, 0.5) is 0 Å². The molecule has 0 N–H and O–H groups in total. The first-order valence-corrected chi connectivity index (χ1v) is 6.19. The first-order valence-electron chi connectivity index (χ1n) is 6.19. The predicted octanol–water partition coefficient (Wildman–Crippen LogP) is 2.01. The van der Waals surface area contributed by atoms with Crippen molar-refractivity contribution >= 4 is 22.5 Å². The van der Waals surface area contributed by atoms with E-state index in [0.717, 1.165) is 4.52 Å². The van der Waals surface area contributed by atoms with Crippen LogP contribution >= 0.6 is 0 Å². The lowest BCUT2D eigenvalue weighted by Gasteiger charge is -2.04. The second-order valence-electron chi connectivity index (χ2n) is 4.64. The van der Waals surface area contributed by atoms with Crippen molar-refractivity contribution in [1.29, 1.82) is 0 Å². The van der Waals surface area contributed by atoms with Gasteiger partial charge in [-0.1, -0.05) is 12.1 Å². The summed E-state index contributed by atoms with van der Waals surface area (Å²) in [5, 5.41) is 4.66. The van der Waals surface area contributed by atoms with E-state index in [1.807, 2.05) is 6.07 Å². The number of aromatic nitrogens is 2. The highest BCUT2D eigenvalue weighted by molar-refractivity contribution is 5.96. The van der Waals surface area contributed by atoms with Gasteiger partial charge in [-0.05, 0) is 32.0 Å². The molecule has 3 rings (SSSR count). The topological polar surface area (TPSA) is 73.8 Å². The molecule has 0 aliphatic carbocycles. The minimum atomic E-state index is -0.637. The predicted molar refractivity (Wildman–Crippen MR) is 71.8 cm³/mol. The molecule has 2 heterocycles. The number of hydrogen-bond donors (Lipinski definition) is 0. The highest BCUT2D eigenvalue weighted by Gasteiger charge is 2.17. The Balaban J connectivity index is 2.25. The molecule has 0 fully saturated rings. The third-order valence-electron chi connectivity index (χ3n) is 2.79. The standard InChI is InChI=1S/C14H12N2O4/c1-8(2)19-13(17)10-7-11-9-5-3-4-6-12(9)20-14(18)16(11)15-10/h3-8H,1-2H3. The average Bonchev–Trinajstić information content (AvgIpc) is 2.84. The van der Waals surface area contributed by atoms with Crippen LogP contribution in [0.2, 0.25) is 0 Å². The van der Waals surface area contributed by atoms with E-state index < -0.39 is 11.7 Å². The molecule has 0 unspecified atom stereocenters. The van der Waals surface area contributed by atoms with Gasteiger partial charge in [0.2, 0.25) is 0 Å². The molecule has 0 bridgehead atoms. The Labute approximate surface area is 113 Å². The van der Waals surface area contributed by atoms with Crippen molar-refractivity contribution in [3.05, 3.63) is 46.6 Å². The zero-order valence-electron chi connectivity index (χ0n) is 11.0. The summed E-state index contributed by atoms with van der Waals surface area (Å²) in [6.07, 6.45) is -0.250. The molecule has 0 aliphatic heterocycles. The summed E-state index contributed by atoms with van der Waals surface area (Å²) in [4.78, 5) is 23.7. The normalized spacial score (nSPS) is 11.3. The molecule has 3 aromatic rings. The monoisotopic (exact) mass is 272 g/mol. The van der Waals surface area contributed by atoms with Gasteiger partial charge >= 0.3 is 11.7 Å². The molecule has 0 aliphatic rings. The van der Waals surface area contributed by atoms with E-state index >= 15 is 0 Å². The zero-order valence-corrected chi connectivity index (χ0v) is 11.0. The van der Waals surface area contributed by atoms with Crippen LogP contribution in [0.25, 0.3) is 16.5 Å². The molecular formula is C14H12N2O4. The van der Waals surface area contributed by atoms with Crippen LogP contribution in [0.3, 0.4) is 0 Å². The van der Waals surface area contributed by atoms with Gasteiger partial charge in [0.15, 0.2) is 5.69 Å². The largest absolute Gasteiger partial charge is 0.458 e. The number of para-hydroxylation sites is 1. The fourth-order valence-electron chi connectivity index (χ4n) is 1.99. The molecular weight excluding hydrogens is 260 g/mol. The first-order chi connectivity index (χ1) is 9.56. The van der Waals surface area contributed by atoms with Crippen molar-refractivity contribution in [2.45, 2.75) is 20.0 Å². The minimum absolute atomic E-state index is 0.0855. The van der Waals surface area contributed by atoms with Gasteiger partial charge in [0.05, 0.1) is 11.6 Å². The number of esters is 1. The van der Waals surface area contributed by atoms with E-state index in [2.05, 4.69) is 5.10 Å². The zero-order chi connectivity index (χ0) is 14.3. The van der Waals surface area contributed by atoms with E-state index in [0.29, 0.717) is 16.5 Å². The van der Waals surface area contributed by atoms with E-state index in [4.69, 9.17) is 9.15 Å². The van der Waals surface area contributed by atoms with Crippen molar-refractivity contribution in [3.8, 4) is 0 Å². The number of rotatable bonds is 2. The van der Waals surface area contributed by atoms with Gasteiger partial charge in [-0.15, -0.1) is 0 Å². The Morgan fingerprint density at radius 2 is 2.10 bits per heavy atom. The van der Waals surface area contributed by atoms with Gasteiger partial charge in [-0.3, -0.25) is 0 Å². The van der Waals surface area contributed by atoms with E-state index in [-0.39, 0.29) is 11.8 Å². The number of ether oxygens (including phenoxy) is 1. The molecule has 6 nitrogen and oxygen atoms in total. The van der Waals surface area contributed by atoms with Crippen LogP contribution in [0.1, 0.15) is 24.3 Å². The summed E-state index contributed by atoms with van der Waals surface area (Å²) in [5.41, 5.74) is 1.06. The van der Waals surface area contributed by atoms with Crippen molar-refractivity contribution in [1.82, 2.24) is 9.61 Å². The molecule has 6 heteroatoms. The maximum Gasteiger partial charge on any atom is 0.440 e. The molecule has 0 atom stereocenters. The van der Waals surface area contributed by atoms with E-state index in [1.165, 1.54) is 6.07 Å². The number of benzene rings is 1. The van der Waals surface area contributed by atoms with Crippen LogP contribution in [-0.2, 0) is 4.74 Å². The smallest absolute Gasteiger partial charge is 0.440 e. The minimum Gasteiger partial charge on any atom is -0.458 e. The van der Waals surface area contributed by atoms with E-state index in [1.54, 1.807) is 32.0 Å². The van der Waals surface area contributed by atoms with Crippen molar-refractivity contribution < 1.29 is 13.9 Å². The number of carbonyl (C=O) groups is 1. The van der Waals surface area contributed by atoms with Crippen LogP contribution < -0.4 is 5.76 Å². The van der Waals surface area contributed by atoms with Gasteiger partial charge < -0.3 is 9.15 Å². The summed E-state index contributed by atoms with van der Waals surface area (Å²) in [6, 6.07) is 8.61. The lowest BCUT2D eigenvalue weighted by molar-refractivity contribution is 0.0370. The van der Waals surface area contributed by atoms with Crippen LogP contribution in [0, 0.1) is 0 Å². The molecule has 2 aromatic heterocycles. The third-order valence-corrected chi connectivity index (χ3v) is 2.79. The molecule has 0 radical (unpaired) electrons. The average molecular weight is 272 g/mol. The van der Waals surface area contributed by atoms with Crippen LogP contribution in [0.15, 0.2) is 39.5 Å². The Kier molecular flexibility index (Phi) is 2.78. The molecule has 0 saturated carbocycles. The second kappa shape index (κ2) is 4.48. The maximum absolute atomic E-state index is 11.8. The van der Waals surface area contributed by atoms with E-state index in [9.17, 15) is 9.59 Å². The highest BCUT2D eigenvalue weighted by Crippen LogP contribution is 2.18. The maximum atomic E-state index is 11.8. The Morgan fingerprint density at radius 3 is 2.85 bits per heavy atom. The lowest BCUT2D eigenvalue weighted by atomic mass is 10.2. The number of fused-ring (bicyclic) bond motifs is 3. The molecule has 0 saturated heterocycles. The van der Waals surface area contributed by atoms with Crippen molar-refractivity contribution in [2.75, 3.05) is 0 Å². The van der Waals surface area contributed by atoms with Gasteiger partial charge in [-0.2, -0.15) is 9.61 Å². The molecule has 20 heavy (non-hydrogen) atoms. The third kappa shape index (κ3) is 1.95. The van der Waals surface area contributed by atoms with Crippen LogP contribution in [0.5, 0.6) is 0 Å². The van der Waals surface area contributed by atoms with Gasteiger partial charge in [0, 0.05) is 5.39 Å². The van der Waals surface area contributed by atoms with Crippen molar-refractivity contribution in [3.63, 3.8) is 0 Å². The summed E-state index contributed by atoms with van der Waals surface area (Å²) in [5.74, 6) is -1.20. The fraction of sp³-hybridized carbons (Fsp3) is 0.214.